The maximum atomic E-state index is 8.41. The summed E-state index contributed by atoms with van der Waals surface area (Å²) < 4.78 is 0. The van der Waals surface area contributed by atoms with Crippen molar-refractivity contribution in [1.29, 1.82) is 0 Å². The Morgan fingerprint density at radius 3 is 2.93 bits per heavy atom. The maximum Gasteiger partial charge on any atom is 0.153 e. The fourth-order valence-corrected chi connectivity index (χ4v) is 2.85. The van der Waals surface area contributed by atoms with Crippen molar-refractivity contribution < 1.29 is 5.21 Å². The van der Waals surface area contributed by atoms with Crippen molar-refractivity contribution in [3.8, 4) is 0 Å². The zero-order chi connectivity index (χ0) is 10.4. The zero-order valence-electron chi connectivity index (χ0n) is 8.57. The van der Waals surface area contributed by atoms with E-state index in [1.54, 1.807) is 0 Å². The van der Waals surface area contributed by atoms with Crippen LogP contribution in [-0.2, 0) is 0 Å². The van der Waals surface area contributed by atoms with Crippen molar-refractivity contribution in [2.45, 2.75) is 37.0 Å². The van der Waals surface area contributed by atoms with Crippen LogP contribution >= 0.6 is 11.8 Å². The minimum Gasteiger partial charge on any atom is -0.409 e. The topological polar surface area (TPSA) is 70.6 Å². The van der Waals surface area contributed by atoms with E-state index in [4.69, 9.17) is 10.9 Å². The molecule has 0 heterocycles. The number of rotatable bonds is 4. The molecule has 2 atom stereocenters. The van der Waals surface area contributed by atoms with Crippen LogP contribution in [0.3, 0.4) is 0 Å². The second-order valence-corrected chi connectivity index (χ2v) is 4.71. The molecule has 82 valence electrons. The molecule has 14 heavy (non-hydrogen) atoms. The van der Waals surface area contributed by atoms with Gasteiger partial charge in [0.1, 0.15) is 0 Å². The number of nitrogens with two attached hydrogens (primary N) is 1. The predicted molar refractivity (Wildman–Crippen MR) is 61.0 cm³/mol. The second kappa shape index (κ2) is 6.14. The minimum absolute atomic E-state index is 0.260. The Hall–Kier alpha value is -0.420. The van der Waals surface area contributed by atoms with Gasteiger partial charge in [-0.25, -0.2) is 0 Å². The lowest BCUT2D eigenvalue weighted by Gasteiger charge is -2.30. The standard InChI is InChI=1S/C9H19N3OS/c1-14-8-5-3-2-4-7(8)11-6-9(10)12-13/h7-8,11,13H,2-6H2,1H3,(H2,10,12). The van der Waals surface area contributed by atoms with Gasteiger partial charge in [-0.1, -0.05) is 18.0 Å². The van der Waals surface area contributed by atoms with E-state index in [2.05, 4.69) is 16.7 Å². The SMILES string of the molecule is CSC1CCCCC1NCC(N)=NO. The number of thioether (sulfide) groups is 1. The van der Waals surface area contributed by atoms with Gasteiger partial charge in [0.15, 0.2) is 5.84 Å². The number of nitrogens with zero attached hydrogens (tertiary/aromatic N) is 1. The lowest BCUT2D eigenvalue weighted by molar-refractivity contribution is 0.315. The molecule has 0 aromatic heterocycles. The third kappa shape index (κ3) is 3.38. The van der Waals surface area contributed by atoms with E-state index in [1.165, 1.54) is 25.7 Å². The Bertz CT molecular complexity index is 198. The van der Waals surface area contributed by atoms with E-state index in [9.17, 15) is 0 Å². The van der Waals surface area contributed by atoms with Crippen LogP contribution in [0.2, 0.25) is 0 Å². The summed E-state index contributed by atoms with van der Waals surface area (Å²) in [6.07, 6.45) is 7.23. The van der Waals surface area contributed by atoms with Gasteiger partial charge in [0.25, 0.3) is 0 Å². The lowest BCUT2D eigenvalue weighted by atomic mass is 9.95. The number of hydrogen-bond acceptors (Lipinski definition) is 4. The van der Waals surface area contributed by atoms with E-state index in [1.807, 2.05) is 11.8 Å². The molecule has 0 aromatic rings. The molecular formula is C9H19N3OS. The molecule has 1 aliphatic carbocycles. The Morgan fingerprint density at radius 2 is 2.29 bits per heavy atom. The minimum atomic E-state index is 0.260. The average molecular weight is 217 g/mol. The Kier molecular flexibility index (Phi) is 5.11. The monoisotopic (exact) mass is 217 g/mol. The quantitative estimate of drug-likeness (QED) is 0.284. The molecule has 1 saturated carbocycles. The van der Waals surface area contributed by atoms with Crippen LogP contribution in [0.4, 0.5) is 0 Å². The molecule has 0 bridgehead atoms. The second-order valence-electron chi connectivity index (χ2n) is 3.64. The predicted octanol–water partition coefficient (Wildman–Crippen LogP) is 0.997. The van der Waals surface area contributed by atoms with Gasteiger partial charge >= 0.3 is 0 Å². The molecule has 0 amide bonds. The molecule has 0 saturated heterocycles. The van der Waals surface area contributed by atoms with Gasteiger partial charge in [-0.3, -0.25) is 0 Å². The third-order valence-corrected chi connectivity index (χ3v) is 3.85. The molecule has 1 rings (SSSR count). The normalized spacial score (nSPS) is 29.1. The summed E-state index contributed by atoms with van der Waals surface area (Å²) in [5.41, 5.74) is 5.41. The fourth-order valence-electron chi connectivity index (χ4n) is 1.88. The molecule has 0 aliphatic heterocycles. The highest BCUT2D eigenvalue weighted by Crippen LogP contribution is 2.26. The summed E-state index contributed by atoms with van der Waals surface area (Å²) in [5, 5.41) is 15.4. The van der Waals surface area contributed by atoms with Crippen molar-refractivity contribution in [1.82, 2.24) is 5.32 Å². The molecule has 4 nitrogen and oxygen atoms in total. The van der Waals surface area contributed by atoms with E-state index in [0.29, 0.717) is 17.8 Å². The highest BCUT2D eigenvalue weighted by atomic mass is 32.2. The number of amidine groups is 1. The maximum absolute atomic E-state index is 8.41. The van der Waals surface area contributed by atoms with Gasteiger partial charge in [0.05, 0.1) is 6.54 Å². The summed E-state index contributed by atoms with van der Waals surface area (Å²) in [6, 6.07) is 0.513. The highest BCUT2D eigenvalue weighted by molar-refractivity contribution is 7.99. The molecule has 4 N–H and O–H groups in total. The van der Waals surface area contributed by atoms with Gasteiger partial charge in [0.2, 0.25) is 0 Å². The van der Waals surface area contributed by atoms with Crippen molar-refractivity contribution in [2.24, 2.45) is 10.9 Å². The summed E-state index contributed by atoms with van der Waals surface area (Å²) >= 11 is 1.91. The van der Waals surface area contributed by atoms with Crippen molar-refractivity contribution in [2.75, 3.05) is 12.8 Å². The Labute approximate surface area is 89.3 Å². The number of oxime groups is 1. The highest BCUT2D eigenvalue weighted by Gasteiger charge is 2.23. The van der Waals surface area contributed by atoms with Gasteiger partial charge in [-0.2, -0.15) is 11.8 Å². The van der Waals surface area contributed by atoms with Crippen LogP contribution in [0.25, 0.3) is 0 Å². The third-order valence-electron chi connectivity index (χ3n) is 2.68. The molecular weight excluding hydrogens is 198 g/mol. The largest absolute Gasteiger partial charge is 0.409 e. The zero-order valence-corrected chi connectivity index (χ0v) is 9.39. The summed E-state index contributed by atoms with van der Waals surface area (Å²) in [7, 11) is 0. The van der Waals surface area contributed by atoms with Gasteiger partial charge in [0, 0.05) is 11.3 Å². The molecule has 1 fully saturated rings. The van der Waals surface area contributed by atoms with E-state index in [-0.39, 0.29) is 5.84 Å². The first-order chi connectivity index (χ1) is 6.77. The number of hydrogen-bond donors (Lipinski definition) is 3. The van der Waals surface area contributed by atoms with Gasteiger partial charge in [-0.15, -0.1) is 0 Å². The van der Waals surface area contributed by atoms with Crippen molar-refractivity contribution in [3.05, 3.63) is 0 Å². The summed E-state index contributed by atoms with van der Waals surface area (Å²) in [4.78, 5) is 0. The smallest absolute Gasteiger partial charge is 0.153 e. The van der Waals surface area contributed by atoms with Crippen LogP contribution in [0.5, 0.6) is 0 Å². The van der Waals surface area contributed by atoms with Crippen molar-refractivity contribution >= 4 is 17.6 Å². The fraction of sp³-hybridized carbons (Fsp3) is 0.889. The molecule has 2 unspecified atom stereocenters. The number of nitrogens with one attached hydrogen (secondary N) is 1. The van der Waals surface area contributed by atoms with Crippen LogP contribution in [0.1, 0.15) is 25.7 Å². The molecule has 1 aliphatic rings. The Balaban J connectivity index is 2.33. The molecule has 5 heteroatoms. The average Bonchev–Trinajstić information content (AvgIpc) is 2.26. The van der Waals surface area contributed by atoms with Crippen LogP contribution in [0, 0.1) is 0 Å². The van der Waals surface area contributed by atoms with E-state index in [0.717, 1.165) is 0 Å². The summed E-state index contributed by atoms with van der Waals surface area (Å²) in [6.45, 7) is 0.484. The molecule has 0 radical (unpaired) electrons. The van der Waals surface area contributed by atoms with Gasteiger partial charge in [-0.05, 0) is 19.1 Å². The first kappa shape index (κ1) is 11.7. The first-order valence-corrected chi connectivity index (χ1v) is 6.29. The Morgan fingerprint density at radius 1 is 1.57 bits per heavy atom. The van der Waals surface area contributed by atoms with Crippen LogP contribution < -0.4 is 11.1 Å². The first-order valence-electron chi connectivity index (χ1n) is 5.00. The van der Waals surface area contributed by atoms with Crippen LogP contribution in [-0.4, -0.2) is 35.1 Å². The van der Waals surface area contributed by atoms with Crippen molar-refractivity contribution in [3.63, 3.8) is 0 Å². The lowest BCUT2D eigenvalue weighted by Crippen LogP contribution is -2.44. The van der Waals surface area contributed by atoms with Crippen LogP contribution in [0.15, 0.2) is 5.16 Å². The summed E-state index contributed by atoms with van der Waals surface area (Å²) in [5.74, 6) is 0.260. The molecule has 0 aromatic carbocycles. The van der Waals surface area contributed by atoms with E-state index >= 15 is 0 Å². The van der Waals surface area contributed by atoms with Gasteiger partial charge < -0.3 is 16.3 Å². The van der Waals surface area contributed by atoms with E-state index < -0.39 is 0 Å². The molecule has 0 spiro atoms.